The second kappa shape index (κ2) is 4.65. The molecule has 3 rings (SSSR count). The van der Waals surface area contributed by atoms with Gasteiger partial charge in [0, 0.05) is 29.9 Å². The van der Waals surface area contributed by atoms with Crippen LogP contribution < -0.4 is 5.32 Å². The maximum atomic E-state index is 13.2. The second-order valence-corrected chi connectivity index (χ2v) is 5.07. The van der Waals surface area contributed by atoms with Gasteiger partial charge in [-0.3, -0.25) is 4.98 Å². The van der Waals surface area contributed by atoms with Crippen molar-refractivity contribution in [2.45, 2.75) is 38.0 Å². The molecule has 3 heteroatoms. The lowest BCUT2D eigenvalue weighted by molar-refractivity contribution is 0.133. The first kappa shape index (κ1) is 11.6. The molecule has 1 unspecified atom stereocenters. The molecule has 0 aliphatic heterocycles. The van der Waals surface area contributed by atoms with Gasteiger partial charge in [0.15, 0.2) is 0 Å². The lowest BCUT2D eigenvalue weighted by Gasteiger charge is -2.34. The highest BCUT2D eigenvalue weighted by atomic mass is 19.1. The van der Waals surface area contributed by atoms with E-state index in [4.69, 9.17) is 0 Å². The largest absolute Gasteiger partial charge is 0.305 e. The second-order valence-electron chi connectivity index (χ2n) is 5.07. The summed E-state index contributed by atoms with van der Waals surface area (Å²) in [6.45, 7) is 2.09. The Labute approximate surface area is 106 Å². The van der Waals surface area contributed by atoms with Gasteiger partial charge in [0.2, 0.25) is 0 Å². The molecule has 1 saturated carbocycles. The number of hydrogen-bond acceptors (Lipinski definition) is 2. The molecule has 2 aromatic rings. The summed E-state index contributed by atoms with van der Waals surface area (Å²) in [5.41, 5.74) is 1.20. The monoisotopic (exact) mass is 244 g/mol. The van der Waals surface area contributed by atoms with Gasteiger partial charge in [-0.1, -0.05) is 12.1 Å². The van der Waals surface area contributed by atoms with E-state index >= 15 is 0 Å². The Bertz CT molecular complexity index is 555. The van der Waals surface area contributed by atoms with Crippen LogP contribution in [0.2, 0.25) is 0 Å². The molecule has 3 atom stereocenters. The third kappa shape index (κ3) is 2.10. The molecule has 0 amide bonds. The minimum absolute atomic E-state index is 0.0353. The van der Waals surface area contributed by atoms with E-state index in [9.17, 15) is 4.39 Å². The molecule has 0 radical (unpaired) electrons. The van der Waals surface area contributed by atoms with Crippen molar-refractivity contribution in [3.05, 3.63) is 42.2 Å². The van der Waals surface area contributed by atoms with Crippen LogP contribution in [-0.2, 0) is 0 Å². The van der Waals surface area contributed by atoms with E-state index in [1.165, 1.54) is 10.9 Å². The van der Waals surface area contributed by atoms with Crippen LogP contribution in [0.25, 0.3) is 10.8 Å². The van der Waals surface area contributed by atoms with Gasteiger partial charge in [0.1, 0.15) is 6.17 Å². The van der Waals surface area contributed by atoms with E-state index in [0.717, 1.165) is 11.8 Å². The fourth-order valence-corrected chi connectivity index (χ4v) is 2.44. The fraction of sp³-hybridized carbons (Fsp3) is 0.400. The first-order chi connectivity index (χ1) is 8.74. The van der Waals surface area contributed by atoms with E-state index in [1.54, 1.807) is 6.20 Å². The number of benzene rings is 1. The van der Waals surface area contributed by atoms with E-state index in [-0.39, 0.29) is 12.1 Å². The molecular weight excluding hydrogens is 227 g/mol. The number of aromatic nitrogens is 1. The summed E-state index contributed by atoms with van der Waals surface area (Å²) in [6, 6.07) is 8.55. The van der Waals surface area contributed by atoms with Gasteiger partial charge in [0.25, 0.3) is 0 Å². The zero-order valence-corrected chi connectivity index (χ0v) is 10.4. The van der Waals surface area contributed by atoms with Crippen LogP contribution in [0.4, 0.5) is 4.39 Å². The summed E-state index contributed by atoms with van der Waals surface area (Å²) in [5, 5.41) is 5.68. The van der Waals surface area contributed by atoms with Gasteiger partial charge < -0.3 is 5.32 Å². The molecule has 0 spiro atoms. The van der Waals surface area contributed by atoms with E-state index in [0.29, 0.717) is 6.42 Å². The predicted molar refractivity (Wildman–Crippen MR) is 71.2 cm³/mol. The van der Waals surface area contributed by atoms with Gasteiger partial charge in [0.05, 0.1) is 0 Å². The molecule has 1 aliphatic rings. The summed E-state index contributed by atoms with van der Waals surface area (Å²) in [6.07, 6.45) is 4.64. The van der Waals surface area contributed by atoms with E-state index in [2.05, 4.69) is 35.4 Å². The number of rotatable bonds is 3. The minimum Gasteiger partial charge on any atom is -0.305 e. The van der Waals surface area contributed by atoms with Crippen LogP contribution in [0, 0.1) is 0 Å². The Balaban J connectivity index is 1.80. The summed E-state index contributed by atoms with van der Waals surface area (Å²) in [7, 11) is 0. The number of pyridine rings is 1. The van der Waals surface area contributed by atoms with Crippen LogP contribution in [0.15, 0.2) is 36.7 Å². The van der Waals surface area contributed by atoms with Gasteiger partial charge in [-0.25, -0.2) is 4.39 Å². The standard InChI is InChI=1S/C15H17FN2/c1-10(18-15-5-4-14(15)16)11-2-3-13-9-17-7-6-12(13)8-11/h2-3,6-10,14-15,18H,4-5H2,1H3/t10?,14-,15+/m0/s1. The molecule has 1 aliphatic carbocycles. The fourth-order valence-electron chi connectivity index (χ4n) is 2.44. The highest BCUT2D eigenvalue weighted by molar-refractivity contribution is 5.82. The van der Waals surface area contributed by atoms with Crippen molar-refractivity contribution in [1.29, 1.82) is 0 Å². The Morgan fingerprint density at radius 2 is 2.17 bits per heavy atom. The number of alkyl halides is 1. The molecular formula is C15H17FN2. The van der Waals surface area contributed by atoms with Gasteiger partial charge in [-0.15, -0.1) is 0 Å². The molecule has 18 heavy (non-hydrogen) atoms. The normalized spacial score (nSPS) is 24.8. The Hall–Kier alpha value is -1.48. The number of fused-ring (bicyclic) bond motifs is 1. The number of hydrogen-bond donors (Lipinski definition) is 1. The van der Waals surface area contributed by atoms with Crippen LogP contribution in [-0.4, -0.2) is 17.2 Å². The molecule has 0 bridgehead atoms. The van der Waals surface area contributed by atoms with E-state index < -0.39 is 6.17 Å². The first-order valence-electron chi connectivity index (χ1n) is 6.48. The van der Waals surface area contributed by atoms with Crippen molar-refractivity contribution in [2.24, 2.45) is 0 Å². The highest BCUT2D eigenvalue weighted by Gasteiger charge is 2.31. The van der Waals surface area contributed by atoms with Crippen LogP contribution >= 0.6 is 0 Å². The molecule has 1 N–H and O–H groups in total. The third-order valence-corrected chi connectivity index (χ3v) is 3.82. The Kier molecular flexibility index (Phi) is 3.00. The maximum Gasteiger partial charge on any atom is 0.115 e. The average molecular weight is 244 g/mol. The first-order valence-corrected chi connectivity index (χ1v) is 6.48. The lowest BCUT2D eigenvalue weighted by atomic mass is 9.89. The van der Waals surface area contributed by atoms with Crippen molar-refractivity contribution >= 4 is 10.8 Å². The molecule has 1 aromatic carbocycles. The Morgan fingerprint density at radius 1 is 1.28 bits per heavy atom. The average Bonchev–Trinajstić information content (AvgIpc) is 2.42. The lowest BCUT2D eigenvalue weighted by Crippen LogP contribution is -2.46. The van der Waals surface area contributed by atoms with Crippen molar-refractivity contribution in [3.8, 4) is 0 Å². The van der Waals surface area contributed by atoms with Gasteiger partial charge in [-0.2, -0.15) is 0 Å². The summed E-state index contributed by atoms with van der Waals surface area (Å²) < 4.78 is 13.2. The smallest absolute Gasteiger partial charge is 0.115 e. The quantitative estimate of drug-likeness (QED) is 0.895. The zero-order chi connectivity index (χ0) is 12.5. The maximum absolute atomic E-state index is 13.2. The summed E-state index contributed by atoms with van der Waals surface area (Å²) in [5.74, 6) is 0. The molecule has 1 fully saturated rings. The molecule has 1 heterocycles. The third-order valence-electron chi connectivity index (χ3n) is 3.82. The van der Waals surface area contributed by atoms with Gasteiger partial charge in [-0.05, 0) is 42.8 Å². The molecule has 94 valence electrons. The minimum atomic E-state index is -0.669. The SMILES string of the molecule is CC(N[C@@H]1CC[C@@H]1F)c1ccc2cnccc2c1. The van der Waals surface area contributed by atoms with Crippen LogP contribution in [0.1, 0.15) is 31.4 Å². The van der Waals surface area contributed by atoms with Crippen LogP contribution in [0.3, 0.4) is 0 Å². The number of nitrogens with zero attached hydrogens (tertiary/aromatic N) is 1. The molecule has 0 saturated heterocycles. The molecule has 1 aromatic heterocycles. The zero-order valence-electron chi connectivity index (χ0n) is 10.4. The number of nitrogens with one attached hydrogen (secondary N) is 1. The van der Waals surface area contributed by atoms with Crippen LogP contribution in [0.5, 0.6) is 0 Å². The van der Waals surface area contributed by atoms with Gasteiger partial charge >= 0.3 is 0 Å². The summed E-state index contributed by atoms with van der Waals surface area (Å²) >= 11 is 0. The summed E-state index contributed by atoms with van der Waals surface area (Å²) in [4.78, 5) is 4.10. The van der Waals surface area contributed by atoms with Crippen molar-refractivity contribution in [1.82, 2.24) is 10.3 Å². The van der Waals surface area contributed by atoms with E-state index in [1.807, 2.05) is 12.3 Å². The topological polar surface area (TPSA) is 24.9 Å². The van der Waals surface area contributed by atoms with Crippen molar-refractivity contribution in [3.63, 3.8) is 0 Å². The molecule has 2 nitrogen and oxygen atoms in total. The Morgan fingerprint density at radius 3 is 2.89 bits per heavy atom. The number of halogens is 1. The highest BCUT2D eigenvalue weighted by Crippen LogP contribution is 2.27. The predicted octanol–water partition coefficient (Wildman–Crippen LogP) is 3.39. The van der Waals surface area contributed by atoms with Crippen molar-refractivity contribution in [2.75, 3.05) is 0 Å². The van der Waals surface area contributed by atoms with Crippen molar-refractivity contribution < 1.29 is 4.39 Å².